The number of aromatic amines is 1. The number of hydrogen-bond donors (Lipinski definition) is 4. The molecule has 0 saturated carbocycles. The number of hydrogen-bond acceptors (Lipinski definition) is 7. The lowest BCUT2D eigenvalue weighted by Crippen LogP contribution is -2.27. The zero-order valence-corrected chi connectivity index (χ0v) is 12.4. The van der Waals surface area contributed by atoms with Gasteiger partial charge in [0.2, 0.25) is 5.95 Å². The van der Waals surface area contributed by atoms with Gasteiger partial charge in [-0.3, -0.25) is 5.10 Å². The van der Waals surface area contributed by atoms with E-state index in [4.69, 9.17) is 9.84 Å². The Morgan fingerprint density at radius 1 is 1.43 bits per heavy atom. The third kappa shape index (κ3) is 4.02. The smallest absolute Gasteiger partial charge is 0.226 e. The van der Waals surface area contributed by atoms with Crippen molar-refractivity contribution < 1.29 is 9.84 Å². The van der Waals surface area contributed by atoms with E-state index >= 15 is 0 Å². The molecular formula is C13H22N6O2. The van der Waals surface area contributed by atoms with E-state index in [-0.39, 0.29) is 12.6 Å². The van der Waals surface area contributed by atoms with Gasteiger partial charge in [0.1, 0.15) is 5.82 Å². The minimum Gasteiger partial charge on any atom is -0.396 e. The molecule has 21 heavy (non-hydrogen) atoms. The molecule has 2 aromatic rings. The van der Waals surface area contributed by atoms with Gasteiger partial charge in [0.25, 0.3) is 0 Å². The van der Waals surface area contributed by atoms with Crippen LogP contribution in [-0.4, -0.2) is 58.2 Å². The van der Waals surface area contributed by atoms with Crippen LogP contribution in [0.4, 0.5) is 11.8 Å². The molecule has 2 rings (SSSR count). The fraction of sp³-hybridized carbons (Fsp3) is 0.615. The highest BCUT2D eigenvalue weighted by Crippen LogP contribution is 2.21. The maximum atomic E-state index is 9.13. The van der Waals surface area contributed by atoms with Crippen LogP contribution in [0.3, 0.4) is 0 Å². The molecule has 0 aliphatic heterocycles. The fourth-order valence-electron chi connectivity index (χ4n) is 2.01. The molecule has 116 valence electrons. The molecule has 8 nitrogen and oxygen atoms in total. The van der Waals surface area contributed by atoms with Crippen molar-refractivity contribution in [3.8, 4) is 0 Å². The van der Waals surface area contributed by atoms with E-state index in [1.807, 2.05) is 0 Å². The van der Waals surface area contributed by atoms with Gasteiger partial charge < -0.3 is 20.5 Å². The van der Waals surface area contributed by atoms with E-state index in [0.717, 1.165) is 18.4 Å². The number of nitrogens with one attached hydrogen (secondary N) is 3. The second-order valence-electron chi connectivity index (χ2n) is 4.76. The Morgan fingerprint density at radius 3 is 3.00 bits per heavy atom. The van der Waals surface area contributed by atoms with Gasteiger partial charge in [-0.15, -0.1) is 0 Å². The quantitative estimate of drug-likeness (QED) is 0.546. The van der Waals surface area contributed by atoms with Crippen molar-refractivity contribution in [1.29, 1.82) is 0 Å². The van der Waals surface area contributed by atoms with Gasteiger partial charge in [0, 0.05) is 20.3 Å². The predicted molar refractivity (Wildman–Crippen MR) is 81.5 cm³/mol. The largest absolute Gasteiger partial charge is 0.396 e. The first kappa shape index (κ1) is 15.5. The van der Waals surface area contributed by atoms with Gasteiger partial charge in [-0.2, -0.15) is 15.1 Å². The maximum Gasteiger partial charge on any atom is 0.226 e. The van der Waals surface area contributed by atoms with Gasteiger partial charge in [0.05, 0.1) is 24.2 Å². The van der Waals surface area contributed by atoms with Gasteiger partial charge in [-0.25, -0.2) is 0 Å². The summed E-state index contributed by atoms with van der Waals surface area (Å²) in [6.07, 6.45) is 3.25. The number of rotatable bonds is 9. The highest BCUT2D eigenvalue weighted by atomic mass is 16.5. The van der Waals surface area contributed by atoms with Gasteiger partial charge in [0.15, 0.2) is 5.65 Å². The number of ether oxygens (including phenoxy) is 1. The Balaban J connectivity index is 2.24. The van der Waals surface area contributed by atoms with Crippen molar-refractivity contribution in [3.63, 3.8) is 0 Å². The van der Waals surface area contributed by atoms with Crippen LogP contribution in [0.1, 0.15) is 19.8 Å². The Bertz CT molecular complexity index is 553. The third-order valence-corrected chi connectivity index (χ3v) is 3.03. The van der Waals surface area contributed by atoms with Crippen molar-refractivity contribution in [3.05, 3.63) is 6.20 Å². The van der Waals surface area contributed by atoms with Crippen LogP contribution in [-0.2, 0) is 4.74 Å². The van der Waals surface area contributed by atoms with E-state index in [9.17, 15) is 0 Å². The molecule has 0 aliphatic carbocycles. The predicted octanol–water partition coefficient (Wildman–Crippen LogP) is 0.984. The summed E-state index contributed by atoms with van der Waals surface area (Å²) in [6, 6.07) is -0.0213. The van der Waals surface area contributed by atoms with E-state index in [1.165, 1.54) is 0 Å². The minimum absolute atomic E-state index is 0.0213. The molecule has 2 aromatic heterocycles. The summed E-state index contributed by atoms with van der Waals surface area (Å²) < 4.78 is 5.16. The fourth-order valence-corrected chi connectivity index (χ4v) is 2.01. The SMILES string of the molecule is CCCNc1nc(NC(CCO)COC)c2cn[nH]c2n1. The minimum atomic E-state index is -0.0213. The van der Waals surface area contributed by atoms with E-state index in [2.05, 4.69) is 37.7 Å². The molecule has 0 aliphatic rings. The van der Waals surface area contributed by atoms with Crippen molar-refractivity contribution in [2.45, 2.75) is 25.8 Å². The standard InChI is InChI=1S/C13H22N6O2/c1-3-5-14-13-17-11(10-7-15-19-12(10)18-13)16-9(4-6-20)8-21-2/h7,9,20H,3-6,8H2,1-2H3,(H3,14,15,16,17,18,19). The van der Waals surface area contributed by atoms with Crippen LogP contribution in [0.15, 0.2) is 6.20 Å². The number of nitrogens with zero attached hydrogens (tertiary/aromatic N) is 3. The Morgan fingerprint density at radius 2 is 2.29 bits per heavy atom. The van der Waals surface area contributed by atoms with Crippen LogP contribution in [0.2, 0.25) is 0 Å². The number of aromatic nitrogens is 4. The number of aliphatic hydroxyl groups excluding tert-OH is 1. The van der Waals surface area contributed by atoms with Gasteiger partial charge in [-0.05, 0) is 12.8 Å². The number of H-pyrrole nitrogens is 1. The molecule has 0 bridgehead atoms. The number of anilines is 2. The Kier molecular flexibility index (Phi) is 5.70. The summed E-state index contributed by atoms with van der Waals surface area (Å²) >= 11 is 0. The lowest BCUT2D eigenvalue weighted by atomic mass is 10.2. The average molecular weight is 294 g/mol. The third-order valence-electron chi connectivity index (χ3n) is 3.03. The number of methoxy groups -OCH3 is 1. The van der Waals surface area contributed by atoms with E-state index in [0.29, 0.717) is 30.4 Å². The summed E-state index contributed by atoms with van der Waals surface area (Å²) in [5.74, 6) is 1.24. The van der Waals surface area contributed by atoms with E-state index < -0.39 is 0 Å². The van der Waals surface area contributed by atoms with Gasteiger partial charge >= 0.3 is 0 Å². The Labute approximate surface area is 123 Å². The van der Waals surface area contributed by atoms with Crippen LogP contribution >= 0.6 is 0 Å². The highest BCUT2D eigenvalue weighted by molar-refractivity contribution is 5.87. The number of fused-ring (bicyclic) bond motifs is 1. The Hall–Kier alpha value is -1.93. The summed E-state index contributed by atoms with van der Waals surface area (Å²) in [4.78, 5) is 8.86. The molecule has 8 heteroatoms. The molecule has 4 N–H and O–H groups in total. The monoisotopic (exact) mass is 294 g/mol. The summed E-state index contributed by atoms with van der Waals surface area (Å²) in [7, 11) is 1.63. The first-order valence-electron chi connectivity index (χ1n) is 7.09. The van der Waals surface area contributed by atoms with Crippen LogP contribution in [0, 0.1) is 0 Å². The van der Waals surface area contributed by atoms with Crippen LogP contribution in [0.25, 0.3) is 11.0 Å². The summed E-state index contributed by atoms with van der Waals surface area (Å²) in [5.41, 5.74) is 0.672. The molecule has 0 spiro atoms. The molecule has 0 fully saturated rings. The van der Waals surface area contributed by atoms with E-state index in [1.54, 1.807) is 13.3 Å². The topological polar surface area (TPSA) is 108 Å². The van der Waals surface area contributed by atoms with Crippen molar-refractivity contribution in [2.75, 3.05) is 37.5 Å². The summed E-state index contributed by atoms with van der Waals surface area (Å²) in [5, 5.41) is 23.3. The zero-order valence-electron chi connectivity index (χ0n) is 12.4. The number of aliphatic hydroxyl groups is 1. The van der Waals surface area contributed by atoms with Crippen LogP contribution < -0.4 is 10.6 Å². The van der Waals surface area contributed by atoms with Crippen LogP contribution in [0.5, 0.6) is 0 Å². The maximum absolute atomic E-state index is 9.13. The molecule has 0 saturated heterocycles. The molecule has 0 aromatic carbocycles. The molecule has 0 amide bonds. The molecule has 2 heterocycles. The summed E-state index contributed by atoms with van der Waals surface area (Å²) in [6.45, 7) is 3.46. The molecule has 0 radical (unpaired) electrons. The normalized spacial score (nSPS) is 12.5. The average Bonchev–Trinajstić information content (AvgIpc) is 2.94. The lowest BCUT2D eigenvalue weighted by Gasteiger charge is -2.18. The lowest BCUT2D eigenvalue weighted by molar-refractivity contribution is 0.170. The van der Waals surface area contributed by atoms with Gasteiger partial charge in [-0.1, -0.05) is 6.92 Å². The second kappa shape index (κ2) is 7.75. The van der Waals surface area contributed by atoms with Crippen molar-refractivity contribution >= 4 is 22.8 Å². The second-order valence-corrected chi connectivity index (χ2v) is 4.76. The molecule has 1 atom stereocenters. The zero-order chi connectivity index (χ0) is 15.1. The first-order chi connectivity index (χ1) is 10.3. The molecule has 1 unspecified atom stereocenters. The highest BCUT2D eigenvalue weighted by Gasteiger charge is 2.14. The first-order valence-corrected chi connectivity index (χ1v) is 7.09. The van der Waals surface area contributed by atoms with Crippen molar-refractivity contribution in [1.82, 2.24) is 20.2 Å². The molecular weight excluding hydrogens is 272 g/mol. The van der Waals surface area contributed by atoms with Crippen molar-refractivity contribution in [2.24, 2.45) is 0 Å².